The van der Waals surface area contributed by atoms with Gasteiger partial charge in [-0.25, -0.2) is 0 Å². The van der Waals surface area contributed by atoms with Gasteiger partial charge in [-0.05, 0) is 68.6 Å². The van der Waals surface area contributed by atoms with Crippen LogP contribution in [0.1, 0.15) is 5.56 Å². The quantitative estimate of drug-likeness (QED) is 0.689. The van der Waals surface area contributed by atoms with Crippen LogP contribution in [0.15, 0.2) is 39.3 Å². The van der Waals surface area contributed by atoms with E-state index in [0.717, 1.165) is 14.5 Å². The van der Waals surface area contributed by atoms with Crippen LogP contribution in [0.25, 0.3) is 0 Å². The van der Waals surface area contributed by atoms with Crippen LogP contribution >= 0.6 is 31.9 Å². The van der Waals surface area contributed by atoms with Gasteiger partial charge in [-0.1, -0.05) is 6.07 Å². The number of nitrogens with one attached hydrogen (secondary N) is 1. The van der Waals surface area contributed by atoms with Gasteiger partial charge < -0.3 is 19.5 Å². The van der Waals surface area contributed by atoms with Gasteiger partial charge in [0.2, 0.25) is 5.75 Å². The van der Waals surface area contributed by atoms with Crippen molar-refractivity contribution in [1.29, 1.82) is 0 Å². The SMILES string of the molecule is COc1cccc(OC)c1OCC(=O)Nc1c(Br)cc(C)cc1Br. The first-order chi connectivity index (χ1) is 11.5. The lowest BCUT2D eigenvalue weighted by atomic mass is 10.2. The van der Waals surface area contributed by atoms with Gasteiger partial charge in [-0.15, -0.1) is 0 Å². The number of ether oxygens (including phenoxy) is 3. The highest BCUT2D eigenvalue weighted by Gasteiger charge is 2.15. The fraction of sp³-hybridized carbons (Fsp3) is 0.235. The topological polar surface area (TPSA) is 56.8 Å². The van der Waals surface area contributed by atoms with E-state index in [0.29, 0.717) is 22.9 Å². The molecule has 0 heterocycles. The van der Waals surface area contributed by atoms with Gasteiger partial charge in [0.15, 0.2) is 18.1 Å². The minimum atomic E-state index is -0.298. The Kier molecular flexibility index (Phi) is 6.51. The second-order valence-corrected chi connectivity index (χ2v) is 6.64. The van der Waals surface area contributed by atoms with E-state index in [4.69, 9.17) is 14.2 Å². The fourth-order valence-electron chi connectivity index (χ4n) is 2.09. The summed E-state index contributed by atoms with van der Waals surface area (Å²) in [5, 5.41) is 2.81. The van der Waals surface area contributed by atoms with Gasteiger partial charge in [-0.2, -0.15) is 0 Å². The maximum atomic E-state index is 12.2. The molecule has 0 radical (unpaired) electrons. The summed E-state index contributed by atoms with van der Waals surface area (Å²) in [5.74, 6) is 1.09. The molecule has 1 amide bonds. The van der Waals surface area contributed by atoms with Crippen molar-refractivity contribution in [2.24, 2.45) is 0 Å². The van der Waals surface area contributed by atoms with Gasteiger partial charge >= 0.3 is 0 Å². The van der Waals surface area contributed by atoms with E-state index in [-0.39, 0.29) is 12.5 Å². The first kappa shape index (κ1) is 18.6. The van der Waals surface area contributed by atoms with Crippen LogP contribution in [-0.4, -0.2) is 26.7 Å². The Hall–Kier alpha value is -1.73. The second kappa shape index (κ2) is 8.39. The predicted molar refractivity (Wildman–Crippen MR) is 100 cm³/mol. The Morgan fingerprint density at radius 3 is 2.12 bits per heavy atom. The molecule has 1 N–H and O–H groups in total. The van der Waals surface area contributed by atoms with Gasteiger partial charge in [0.05, 0.1) is 19.9 Å². The van der Waals surface area contributed by atoms with Crippen LogP contribution in [0.2, 0.25) is 0 Å². The van der Waals surface area contributed by atoms with Crippen LogP contribution in [-0.2, 0) is 4.79 Å². The molecule has 0 saturated carbocycles. The molecule has 0 aromatic heterocycles. The van der Waals surface area contributed by atoms with Crippen molar-refractivity contribution in [2.75, 3.05) is 26.1 Å². The predicted octanol–water partition coefficient (Wildman–Crippen LogP) is 4.55. The number of aryl methyl sites for hydroxylation is 1. The Morgan fingerprint density at radius 1 is 1.08 bits per heavy atom. The second-order valence-electron chi connectivity index (χ2n) is 4.93. The van der Waals surface area contributed by atoms with E-state index in [9.17, 15) is 4.79 Å². The first-order valence-electron chi connectivity index (χ1n) is 7.05. The first-order valence-corrected chi connectivity index (χ1v) is 8.64. The largest absolute Gasteiger partial charge is 0.493 e. The third-order valence-corrected chi connectivity index (χ3v) is 4.43. The monoisotopic (exact) mass is 457 g/mol. The summed E-state index contributed by atoms with van der Waals surface area (Å²) >= 11 is 6.89. The molecular weight excluding hydrogens is 442 g/mol. The molecule has 0 spiro atoms. The zero-order valence-electron chi connectivity index (χ0n) is 13.5. The van der Waals surface area contributed by atoms with E-state index in [1.807, 2.05) is 19.1 Å². The van der Waals surface area contributed by atoms with Crippen LogP contribution in [0.3, 0.4) is 0 Å². The Balaban J connectivity index is 2.10. The lowest BCUT2D eigenvalue weighted by Gasteiger charge is -2.15. The van der Waals surface area contributed by atoms with Crippen LogP contribution in [0.5, 0.6) is 17.2 Å². The van der Waals surface area contributed by atoms with Gasteiger partial charge in [0.1, 0.15) is 0 Å². The zero-order chi connectivity index (χ0) is 17.7. The number of amides is 1. The highest BCUT2D eigenvalue weighted by Crippen LogP contribution is 2.37. The van der Waals surface area contributed by atoms with E-state index >= 15 is 0 Å². The number of carbonyl (C=O) groups excluding carboxylic acids is 1. The molecule has 24 heavy (non-hydrogen) atoms. The molecule has 2 aromatic rings. The Labute approximate surface area is 157 Å². The summed E-state index contributed by atoms with van der Waals surface area (Å²) in [6.07, 6.45) is 0. The fourth-order valence-corrected chi connectivity index (χ4v) is 3.71. The van der Waals surface area contributed by atoms with Gasteiger partial charge in [-0.3, -0.25) is 4.79 Å². The highest BCUT2D eigenvalue weighted by molar-refractivity contribution is 9.11. The molecular formula is C17H17Br2NO4. The molecule has 0 atom stereocenters. The van der Waals surface area contributed by atoms with E-state index < -0.39 is 0 Å². The van der Waals surface area contributed by atoms with Crippen LogP contribution in [0.4, 0.5) is 5.69 Å². The molecule has 7 heteroatoms. The molecule has 0 bridgehead atoms. The zero-order valence-corrected chi connectivity index (χ0v) is 16.7. The number of halogens is 2. The average molecular weight is 459 g/mol. The number of carbonyl (C=O) groups is 1. The number of para-hydroxylation sites is 1. The normalized spacial score (nSPS) is 10.2. The molecule has 5 nitrogen and oxygen atoms in total. The summed E-state index contributed by atoms with van der Waals surface area (Å²) in [7, 11) is 3.06. The third kappa shape index (κ3) is 4.42. The average Bonchev–Trinajstić information content (AvgIpc) is 2.55. The molecule has 2 rings (SSSR count). The van der Waals surface area contributed by atoms with Crippen molar-refractivity contribution >= 4 is 43.5 Å². The smallest absolute Gasteiger partial charge is 0.262 e. The van der Waals surface area contributed by atoms with Gasteiger partial charge in [0, 0.05) is 8.95 Å². The van der Waals surface area contributed by atoms with E-state index in [1.54, 1.807) is 18.2 Å². The lowest BCUT2D eigenvalue weighted by Crippen LogP contribution is -2.21. The number of methoxy groups -OCH3 is 2. The minimum absolute atomic E-state index is 0.177. The molecule has 0 aliphatic carbocycles. The van der Waals surface area contributed by atoms with Crippen molar-refractivity contribution in [3.63, 3.8) is 0 Å². The van der Waals surface area contributed by atoms with E-state index in [1.165, 1.54) is 14.2 Å². The highest BCUT2D eigenvalue weighted by atomic mass is 79.9. The van der Waals surface area contributed by atoms with Crippen LogP contribution in [0, 0.1) is 6.92 Å². The molecule has 0 aliphatic heterocycles. The maximum absolute atomic E-state index is 12.2. The summed E-state index contributed by atoms with van der Waals surface area (Å²) in [5.41, 5.74) is 1.72. The molecule has 0 unspecified atom stereocenters. The van der Waals surface area contributed by atoms with Crippen molar-refractivity contribution in [1.82, 2.24) is 0 Å². The number of hydrogen-bond donors (Lipinski definition) is 1. The molecule has 0 aliphatic rings. The molecule has 0 saturated heterocycles. The molecule has 2 aromatic carbocycles. The third-order valence-electron chi connectivity index (χ3n) is 3.18. The van der Waals surface area contributed by atoms with Crippen molar-refractivity contribution < 1.29 is 19.0 Å². The van der Waals surface area contributed by atoms with Gasteiger partial charge in [0.25, 0.3) is 5.91 Å². The number of hydrogen-bond acceptors (Lipinski definition) is 4. The molecule has 0 fully saturated rings. The van der Waals surface area contributed by atoms with Crippen molar-refractivity contribution in [3.8, 4) is 17.2 Å². The summed E-state index contributed by atoms with van der Waals surface area (Å²) in [6, 6.07) is 9.10. The standard InChI is InChI=1S/C17H17Br2NO4/c1-10-7-11(18)16(12(19)8-10)20-15(21)9-24-17-13(22-2)5-4-6-14(17)23-3/h4-8H,9H2,1-3H3,(H,20,21). The Morgan fingerprint density at radius 2 is 1.62 bits per heavy atom. The number of rotatable bonds is 6. The summed E-state index contributed by atoms with van der Waals surface area (Å²) in [6.45, 7) is 1.79. The number of anilines is 1. The summed E-state index contributed by atoms with van der Waals surface area (Å²) < 4.78 is 17.6. The Bertz CT molecular complexity index is 704. The maximum Gasteiger partial charge on any atom is 0.262 e. The lowest BCUT2D eigenvalue weighted by molar-refractivity contribution is -0.118. The minimum Gasteiger partial charge on any atom is -0.493 e. The summed E-state index contributed by atoms with van der Waals surface area (Å²) in [4.78, 5) is 12.2. The van der Waals surface area contributed by atoms with Crippen molar-refractivity contribution in [2.45, 2.75) is 6.92 Å². The van der Waals surface area contributed by atoms with Crippen LogP contribution < -0.4 is 19.5 Å². The molecule has 128 valence electrons. The van der Waals surface area contributed by atoms with Crippen molar-refractivity contribution in [3.05, 3.63) is 44.8 Å². The van der Waals surface area contributed by atoms with E-state index in [2.05, 4.69) is 37.2 Å². The number of benzene rings is 2.